The average Bonchev–Trinajstić information content (AvgIpc) is 2.42. The van der Waals surface area contributed by atoms with Crippen LogP contribution in [0.4, 0.5) is 5.69 Å². The predicted molar refractivity (Wildman–Crippen MR) is 81.5 cm³/mol. The van der Waals surface area contributed by atoms with Gasteiger partial charge in [-0.2, -0.15) is 0 Å². The molecule has 1 aromatic rings. The van der Waals surface area contributed by atoms with Gasteiger partial charge < -0.3 is 10.6 Å². The maximum atomic E-state index is 12.2. The lowest BCUT2D eigenvalue weighted by molar-refractivity contribution is -0.120. The first-order chi connectivity index (χ1) is 9.86. The summed E-state index contributed by atoms with van der Waals surface area (Å²) >= 11 is 0. The molecule has 0 aliphatic carbocycles. The van der Waals surface area contributed by atoms with Crippen LogP contribution in [0.15, 0.2) is 23.4 Å². The topological polar surface area (TPSA) is 100 Å². The second-order valence-electron chi connectivity index (χ2n) is 4.83. The molecule has 0 aliphatic heterocycles. The van der Waals surface area contributed by atoms with Crippen molar-refractivity contribution in [2.24, 2.45) is 0 Å². The molecule has 0 aromatic carbocycles. The van der Waals surface area contributed by atoms with Crippen molar-refractivity contribution in [2.75, 3.05) is 18.4 Å². The Labute approximate surface area is 125 Å². The minimum atomic E-state index is -3.84. The first-order valence-corrected chi connectivity index (χ1v) is 8.33. The molecule has 1 aromatic heterocycles. The number of aromatic nitrogens is 1. The van der Waals surface area contributed by atoms with Crippen molar-refractivity contribution in [1.29, 1.82) is 0 Å². The zero-order valence-electron chi connectivity index (χ0n) is 12.5. The Morgan fingerprint density at radius 1 is 1.38 bits per heavy atom. The molecule has 0 fully saturated rings. The molecule has 0 spiro atoms. The van der Waals surface area contributed by atoms with E-state index in [0.29, 0.717) is 12.2 Å². The van der Waals surface area contributed by atoms with Gasteiger partial charge in [-0.1, -0.05) is 6.92 Å². The number of pyridine rings is 1. The van der Waals surface area contributed by atoms with E-state index in [0.717, 1.165) is 6.42 Å². The van der Waals surface area contributed by atoms with Crippen LogP contribution in [0.5, 0.6) is 0 Å². The SMILES string of the molecule is CCCNc1cccnc1S(=O)(=O)NCC(=O)NC(C)C. The van der Waals surface area contributed by atoms with Crippen LogP contribution in [0, 0.1) is 0 Å². The lowest BCUT2D eigenvalue weighted by atomic mass is 10.4. The third kappa shape index (κ3) is 5.68. The summed E-state index contributed by atoms with van der Waals surface area (Å²) in [4.78, 5) is 15.4. The van der Waals surface area contributed by atoms with Crippen LogP contribution in [-0.4, -0.2) is 38.4 Å². The third-order valence-corrected chi connectivity index (χ3v) is 3.82. The van der Waals surface area contributed by atoms with E-state index >= 15 is 0 Å². The number of nitrogens with zero attached hydrogens (tertiary/aromatic N) is 1. The van der Waals surface area contributed by atoms with E-state index in [4.69, 9.17) is 0 Å². The Kier molecular flexibility index (Phi) is 6.57. The molecule has 0 atom stereocenters. The van der Waals surface area contributed by atoms with Crippen molar-refractivity contribution >= 4 is 21.6 Å². The van der Waals surface area contributed by atoms with E-state index in [1.165, 1.54) is 6.20 Å². The summed E-state index contributed by atoms with van der Waals surface area (Å²) < 4.78 is 26.7. The van der Waals surface area contributed by atoms with E-state index in [1.807, 2.05) is 6.92 Å². The van der Waals surface area contributed by atoms with Crippen molar-refractivity contribution in [2.45, 2.75) is 38.3 Å². The Balaban J connectivity index is 2.80. The number of rotatable bonds is 8. The molecule has 0 bridgehead atoms. The summed E-state index contributed by atoms with van der Waals surface area (Å²) in [5.74, 6) is -0.382. The van der Waals surface area contributed by atoms with Crippen molar-refractivity contribution in [3.63, 3.8) is 0 Å². The highest BCUT2D eigenvalue weighted by atomic mass is 32.2. The second kappa shape index (κ2) is 7.94. The van der Waals surface area contributed by atoms with Crippen LogP contribution in [0.3, 0.4) is 0 Å². The Bertz CT molecular complexity index is 573. The Hall–Kier alpha value is -1.67. The molecule has 0 saturated carbocycles. The van der Waals surface area contributed by atoms with Crippen molar-refractivity contribution < 1.29 is 13.2 Å². The quantitative estimate of drug-likeness (QED) is 0.656. The van der Waals surface area contributed by atoms with Crippen LogP contribution in [0.25, 0.3) is 0 Å². The van der Waals surface area contributed by atoms with Crippen molar-refractivity contribution in [3.8, 4) is 0 Å². The first-order valence-electron chi connectivity index (χ1n) is 6.84. The fourth-order valence-corrected chi connectivity index (χ4v) is 2.69. The minimum absolute atomic E-state index is 0.0429. The Morgan fingerprint density at radius 3 is 2.71 bits per heavy atom. The van der Waals surface area contributed by atoms with Crippen LogP contribution >= 0.6 is 0 Å². The highest BCUT2D eigenvalue weighted by Crippen LogP contribution is 2.17. The van der Waals surface area contributed by atoms with Crippen LogP contribution in [0.2, 0.25) is 0 Å². The molecule has 1 heterocycles. The van der Waals surface area contributed by atoms with Gasteiger partial charge in [-0.25, -0.2) is 18.1 Å². The van der Waals surface area contributed by atoms with E-state index in [-0.39, 0.29) is 23.5 Å². The van der Waals surface area contributed by atoms with Crippen LogP contribution < -0.4 is 15.4 Å². The normalized spacial score (nSPS) is 11.4. The van der Waals surface area contributed by atoms with Gasteiger partial charge in [0.05, 0.1) is 12.2 Å². The largest absolute Gasteiger partial charge is 0.383 e. The number of carbonyl (C=O) groups is 1. The highest BCUT2D eigenvalue weighted by molar-refractivity contribution is 7.89. The zero-order valence-corrected chi connectivity index (χ0v) is 13.3. The van der Waals surface area contributed by atoms with E-state index in [1.54, 1.807) is 26.0 Å². The van der Waals surface area contributed by atoms with Gasteiger partial charge in [0.2, 0.25) is 5.91 Å². The number of nitrogens with one attached hydrogen (secondary N) is 3. The number of hydrogen-bond acceptors (Lipinski definition) is 5. The number of carbonyl (C=O) groups excluding carboxylic acids is 1. The number of anilines is 1. The van der Waals surface area contributed by atoms with Crippen molar-refractivity contribution in [3.05, 3.63) is 18.3 Å². The maximum Gasteiger partial charge on any atom is 0.260 e. The number of sulfonamides is 1. The summed E-state index contributed by atoms with van der Waals surface area (Å²) in [5.41, 5.74) is 0.427. The summed E-state index contributed by atoms with van der Waals surface area (Å²) in [6.45, 7) is 5.91. The van der Waals surface area contributed by atoms with Crippen LogP contribution in [-0.2, 0) is 14.8 Å². The molecule has 1 rings (SSSR count). The van der Waals surface area contributed by atoms with Gasteiger partial charge in [0, 0.05) is 18.8 Å². The molecule has 0 unspecified atom stereocenters. The monoisotopic (exact) mass is 314 g/mol. The van der Waals surface area contributed by atoms with Gasteiger partial charge in [0.15, 0.2) is 5.03 Å². The first kappa shape index (κ1) is 17.4. The molecule has 21 heavy (non-hydrogen) atoms. The summed E-state index contributed by atoms with van der Waals surface area (Å²) in [5, 5.41) is 5.52. The van der Waals surface area contributed by atoms with Gasteiger partial charge in [-0.3, -0.25) is 4.79 Å². The van der Waals surface area contributed by atoms with Gasteiger partial charge in [0.25, 0.3) is 10.0 Å². The highest BCUT2D eigenvalue weighted by Gasteiger charge is 2.20. The standard InChI is InChI=1S/C13H22N4O3S/c1-4-7-14-11-6-5-8-15-13(11)21(19,20)16-9-12(18)17-10(2)3/h5-6,8,10,14,16H,4,7,9H2,1-3H3,(H,17,18). The molecule has 0 saturated heterocycles. The molecule has 8 heteroatoms. The van der Waals surface area contributed by atoms with Gasteiger partial charge in [-0.15, -0.1) is 0 Å². The second-order valence-corrected chi connectivity index (χ2v) is 6.51. The lowest BCUT2D eigenvalue weighted by Crippen LogP contribution is -2.40. The van der Waals surface area contributed by atoms with Crippen molar-refractivity contribution in [1.82, 2.24) is 15.0 Å². The van der Waals surface area contributed by atoms with Crippen LogP contribution in [0.1, 0.15) is 27.2 Å². The molecule has 0 aliphatic rings. The molecular weight excluding hydrogens is 292 g/mol. The zero-order chi connectivity index (χ0) is 15.9. The fourth-order valence-electron chi connectivity index (χ4n) is 1.60. The van der Waals surface area contributed by atoms with Gasteiger partial charge in [0.1, 0.15) is 0 Å². The fraction of sp³-hybridized carbons (Fsp3) is 0.538. The number of hydrogen-bond donors (Lipinski definition) is 3. The third-order valence-electron chi connectivity index (χ3n) is 2.46. The van der Waals surface area contributed by atoms with E-state index < -0.39 is 10.0 Å². The molecule has 1 amide bonds. The maximum absolute atomic E-state index is 12.2. The summed E-state index contributed by atoms with van der Waals surface area (Å²) in [7, 11) is -3.84. The molecule has 7 nitrogen and oxygen atoms in total. The smallest absolute Gasteiger partial charge is 0.260 e. The Morgan fingerprint density at radius 2 is 2.10 bits per heavy atom. The van der Waals surface area contributed by atoms with E-state index in [9.17, 15) is 13.2 Å². The molecule has 118 valence electrons. The lowest BCUT2D eigenvalue weighted by Gasteiger charge is -2.12. The molecule has 0 radical (unpaired) electrons. The minimum Gasteiger partial charge on any atom is -0.383 e. The van der Waals surface area contributed by atoms with Gasteiger partial charge >= 0.3 is 0 Å². The summed E-state index contributed by atoms with van der Waals surface area (Å²) in [6.07, 6.45) is 2.26. The summed E-state index contributed by atoms with van der Waals surface area (Å²) in [6, 6.07) is 3.26. The van der Waals surface area contributed by atoms with E-state index in [2.05, 4.69) is 20.3 Å². The average molecular weight is 314 g/mol. The predicted octanol–water partition coefficient (Wildman–Crippen LogP) is 0.706. The molecule has 3 N–H and O–H groups in total. The van der Waals surface area contributed by atoms with Gasteiger partial charge in [-0.05, 0) is 32.4 Å². The number of amides is 1. The molecular formula is C13H22N4O3S.